The summed E-state index contributed by atoms with van der Waals surface area (Å²) in [4.78, 5) is 23.9. The maximum atomic E-state index is 12.3. The summed E-state index contributed by atoms with van der Waals surface area (Å²) >= 11 is 1.22. The van der Waals surface area contributed by atoms with E-state index in [9.17, 15) is 14.7 Å². The first-order chi connectivity index (χ1) is 11.8. The first-order valence-electron chi connectivity index (χ1n) is 8.67. The van der Waals surface area contributed by atoms with Crippen molar-refractivity contribution in [3.05, 3.63) is 35.9 Å². The fourth-order valence-electron chi connectivity index (χ4n) is 2.92. The monoisotopic (exact) mass is 365 g/mol. The Morgan fingerprint density at radius 2 is 1.92 bits per heavy atom. The molecule has 1 fully saturated rings. The molecule has 2 N–H and O–H groups in total. The first-order valence-corrected chi connectivity index (χ1v) is 9.55. The number of thioether (sulfide) groups is 1. The van der Waals surface area contributed by atoms with E-state index < -0.39 is 17.8 Å². The van der Waals surface area contributed by atoms with E-state index in [0.717, 1.165) is 12.8 Å². The molecule has 0 aliphatic heterocycles. The van der Waals surface area contributed by atoms with Gasteiger partial charge in [0, 0.05) is 17.4 Å². The highest BCUT2D eigenvalue weighted by Crippen LogP contribution is 2.37. The first kappa shape index (κ1) is 19.8. The van der Waals surface area contributed by atoms with Gasteiger partial charge in [-0.3, -0.25) is 4.79 Å². The molecule has 138 valence electrons. The smallest absolute Gasteiger partial charge is 0.407 e. The second-order valence-corrected chi connectivity index (χ2v) is 8.57. The Balaban J connectivity index is 1.75. The molecular weight excluding hydrogens is 338 g/mol. The fraction of sp³-hybridized carbons (Fsp3) is 0.579. The number of carbonyl (C=O) groups is 2. The molecule has 1 amide bonds. The molecule has 0 bridgehead atoms. The van der Waals surface area contributed by atoms with Crippen molar-refractivity contribution in [1.82, 2.24) is 5.32 Å². The van der Waals surface area contributed by atoms with E-state index in [1.165, 1.54) is 11.8 Å². The number of hydrogen-bond acceptors (Lipinski definition) is 5. The summed E-state index contributed by atoms with van der Waals surface area (Å²) in [6.45, 7) is 5.91. The molecule has 2 rings (SSSR count). The normalized spacial score (nSPS) is 23.3. The van der Waals surface area contributed by atoms with Crippen LogP contribution in [0, 0.1) is 5.92 Å². The maximum absolute atomic E-state index is 12.3. The Bertz CT molecular complexity index is 585. The lowest BCUT2D eigenvalue weighted by molar-refractivity contribution is 0.0518. The highest BCUT2D eigenvalue weighted by molar-refractivity contribution is 8.14. The van der Waals surface area contributed by atoms with Crippen molar-refractivity contribution in [3.63, 3.8) is 0 Å². The predicted octanol–water partition coefficient (Wildman–Crippen LogP) is 3.61. The van der Waals surface area contributed by atoms with Gasteiger partial charge in [0.15, 0.2) is 0 Å². The summed E-state index contributed by atoms with van der Waals surface area (Å²) < 4.78 is 5.19. The summed E-state index contributed by atoms with van der Waals surface area (Å²) in [5.74, 6) is 0.0935. The lowest BCUT2D eigenvalue weighted by Gasteiger charge is -2.21. The van der Waals surface area contributed by atoms with Crippen LogP contribution in [0.4, 0.5) is 4.79 Å². The number of nitrogens with one attached hydrogen (secondary N) is 1. The molecule has 1 saturated carbocycles. The van der Waals surface area contributed by atoms with Crippen LogP contribution in [0.1, 0.15) is 50.4 Å². The Morgan fingerprint density at radius 3 is 2.56 bits per heavy atom. The van der Waals surface area contributed by atoms with Crippen LogP contribution in [0.25, 0.3) is 0 Å². The van der Waals surface area contributed by atoms with E-state index in [4.69, 9.17) is 4.74 Å². The standard InChI is InChI=1S/C19H27NO4S/c1-19(2,3)24-18(23)20-12-11-13-9-10-15(16(13)21)25-17(22)14-7-5-4-6-8-14/h4-8,13,15-16,21H,9-12H2,1-3H3,(H,20,23)/t13-,15+,16+/m0/s1. The molecule has 0 heterocycles. The van der Waals surface area contributed by atoms with Gasteiger partial charge in [0.05, 0.1) is 6.10 Å². The van der Waals surface area contributed by atoms with Crippen molar-refractivity contribution in [1.29, 1.82) is 0 Å². The Kier molecular flexibility index (Phi) is 6.90. The van der Waals surface area contributed by atoms with Gasteiger partial charge >= 0.3 is 6.09 Å². The molecule has 25 heavy (non-hydrogen) atoms. The Hall–Kier alpha value is -1.53. The average Bonchev–Trinajstić information content (AvgIpc) is 2.87. The number of benzene rings is 1. The largest absolute Gasteiger partial charge is 0.444 e. The number of carbonyl (C=O) groups excluding carboxylic acids is 2. The zero-order valence-electron chi connectivity index (χ0n) is 15.0. The van der Waals surface area contributed by atoms with Crippen LogP contribution in [0.2, 0.25) is 0 Å². The van der Waals surface area contributed by atoms with Crippen LogP contribution in [-0.2, 0) is 4.74 Å². The third-order valence-electron chi connectivity index (χ3n) is 4.14. The summed E-state index contributed by atoms with van der Waals surface area (Å²) in [5, 5.41) is 13.1. The second kappa shape index (κ2) is 8.72. The van der Waals surface area contributed by atoms with Gasteiger partial charge in [-0.1, -0.05) is 42.1 Å². The van der Waals surface area contributed by atoms with Crippen LogP contribution < -0.4 is 5.32 Å². The molecule has 6 heteroatoms. The minimum absolute atomic E-state index is 0.00261. The number of hydrogen-bond donors (Lipinski definition) is 2. The molecule has 0 saturated heterocycles. The van der Waals surface area contributed by atoms with E-state index in [-0.39, 0.29) is 16.3 Å². The van der Waals surface area contributed by atoms with Crippen LogP contribution in [0.3, 0.4) is 0 Å². The van der Waals surface area contributed by atoms with Crippen molar-refractivity contribution in [3.8, 4) is 0 Å². The van der Waals surface area contributed by atoms with E-state index in [1.54, 1.807) is 12.1 Å². The predicted molar refractivity (Wildman–Crippen MR) is 99.7 cm³/mol. The van der Waals surface area contributed by atoms with Crippen LogP contribution >= 0.6 is 11.8 Å². The summed E-state index contributed by atoms with van der Waals surface area (Å²) in [5.41, 5.74) is 0.144. The molecule has 0 unspecified atom stereocenters. The third kappa shape index (κ3) is 6.36. The van der Waals surface area contributed by atoms with Crippen molar-refractivity contribution in [2.45, 2.75) is 57.0 Å². The van der Waals surface area contributed by atoms with Crippen molar-refractivity contribution in [2.75, 3.05) is 6.54 Å². The second-order valence-electron chi connectivity index (χ2n) is 7.36. The lowest BCUT2D eigenvalue weighted by atomic mass is 10.0. The molecule has 3 atom stereocenters. The van der Waals surface area contributed by atoms with Gasteiger partial charge in [0.1, 0.15) is 5.60 Å². The van der Waals surface area contributed by atoms with Gasteiger partial charge in [-0.05, 0) is 46.0 Å². The van der Waals surface area contributed by atoms with Gasteiger partial charge in [-0.25, -0.2) is 4.79 Å². The summed E-state index contributed by atoms with van der Waals surface area (Å²) in [7, 11) is 0. The van der Waals surface area contributed by atoms with Crippen LogP contribution in [0.5, 0.6) is 0 Å². The van der Waals surface area contributed by atoms with Crippen molar-refractivity contribution < 1.29 is 19.4 Å². The van der Waals surface area contributed by atoms with E-state index >= 15 is 0 Å². The molecule has 1 aromatic rings. The molecular formula is C19H27NO4S. The molecule has 0 spiro atoms. The van der Waals surface area contributed by atoms with Crippen molar-refractivity contribution in [2.24, 2.45) is 5.92 Å². The molecule has 0 aromatic heterocycles. The zero-order valence-corrected chi connectivity index (χ0v) is 15.8. The topological polar surface area (TPSA) is 75.6 Å². The minimum Gasteiger partial charge on any atom is -0.444 e. The number of aliphatic hydroxyl groups is 1. The average molecular weight is 365 g/mol. The van der Waals surface area contributed by atoms with Gasteiger partial charge in [0.2, 0.25) is 5.12 Å². The van der Waals surface area contributed by atoms with Crippen molar-refractivity contribution >= 4 is 23.0 Å². The van der Waals surface area contributed by atoms with Gasteiger partial charge < -0.3 is 15.2 Å². The molecule has 0 radical (unpaired) electrons. The van der Waals surface area contributed by atoms with Crippen LogP contribution in [0.15, 0.2) is 30.3 Å². The minimum atomic E-state index is -0.530. The number of amides is 1. The number of rotatable bonds is 5. The third-order valence-corrected chi connectivity index (χ3v) is 5.40. The number of ether oxygens (including phenoxy) is 1. The van der Waals surface area contributed by atoms with Crippen LogP contribution in [-0.4, -0.2) is 39.8 Å². The highest BCUT2D eigenvalue weighted by atomic mass is 32.2. The number of aliphatic hydroxyl groups excluding tert-OH is 1. The zero-order chi connectivity index (χ0) is 18.4. The summed E-state index contributed by atoms with van der Waals surface area (Å²) in [6, 6.07) is 9.13. The highest BCUT2D eigenvalue weighted by Gasteiger charge is 2.36. The quantitative estimate of drug-likeness (QED) is 0.834. The molecule has 1 aliphatic carbocycles. The summed E-state index contributed by atoms with van der Waals surface area (Å²) in [6.07, 6.45) is 1.37. The van der Waals surface area contributed by atoms with E-state index in [0.29, 0.717) is 18.5 Å². The lowest BCUT2D eigenvalue weighted by Crippen LogP contribution is -2.34. The maximum Gasteiger partial charge on any atom is 0.407 e. The SMILES string of the molecule is CC(C)(C)OC(=O)NCC[C@@H]1CC[C@@H](SC(=O)c2ccccc2)[C@@H]1O. The molecule has 1 aliphatic rings. The molecule has 1 aromatic carbocycles. The van der Waals surface area contributed by atoms with Gasteiger partial charge in [-0.2, -0.15) is 0 Å². The number of alkyl carbamates (subject to hydrolysis) is 1. The fourth-order valence-corrected chi connectivity index (χ4v) is 4.08. The van der Waals surface area contributed by atoms with Gasteiger partial charge in [-0.15, -0.1) is 0 Å². The van der Waals surface area contributed by atoms with E-state index in [2.05, 4.69) is 5.32 Å². The molecule has 5 nitrogen and oxygen atoms in total. The van der Waals surface area contributed by atoms with E-state index in [1.807, 2.05) is 39.0 Å². The Labute approximate surface area is 153 Å². The Morgan fingerprint density at radius 1 is 1.24 bits per heavy atom. The van der Waals surface area contributed by atoms with Gasteiger partial charge in [0.25, 0.3) is 0 Å².